The molecule has 0 amide bonds. The summed E-state index contributed by atoms with van der Waals surface area (Å²) >= 11 is 0. The van der Waals surface area contributed by atoms with Crippen LogP contribution >= 0.6 is 0 Å². The van der Waals surface area contributed by atoms with Gasteiger partial charge in [-0.3, -0.25) is 4.90 Å². The molecule has 0 radical (unpaired) electrons. The molecule has 1 atom stereocenters. The molecule has 1 aromatic carbocycles. The van der Waals surface area contributed by atoms with Crippen molar-refractivity contribution in [1.82, 2.24) is 4.90 Å². The Morgan fingerprint density at radius 2 is 2.13 bits per heavy atom. The van der Waals surface area contributed by atoms with Gasteiger partial charge in [0.05, 0.1) is 0 Å². The number of aliphatic hydroxyl groups is 1. The van der Waals surface area contributed by atoms with E-state index in [0.29, 0.717) is 23.7 Å². The van der Waals surface area contributed by atoms with Gasteiger partial charge in [0.15, 0.2) is 0 Å². The molecule has 0 saturated carbocycles. The lowest BCUT2D eigenvalue weighted by Crippen LogP contribution is -2.39. The van der Waals surface area contributed by atoms with Gasteiger partial charge in [0.25, 0.3) is 0 Å². The molecule has 124 valence electrons. The van der Waals surface area contributed by atoms with Crippen molar-refractivity contribution in [3.63, 3.8) is 0 Å². The van der Waals surface area contributed by atoms with E-state index in [1.807, 2.05) is 0 Å². The van der Waals surface area contributed by atoms with Gasteiger partial charge in [-0.05, 0) is 56.0 Å². The molecule has 1 saturated heterocycles. The summed E-state index contributed by atoms with van der Waals surface area (Å²) in [5.74, 6) is 0.207. The van der Waals surface area contributed by atoms with E-state index in [-0.39, 0.29) is 18.0 Å². The maximum Gasteiger partial charge on any atom is 0.336 e. The molecule has 0 aliphatic carbocycles. The fourth-order valence-corrected chi connectivity index (χ4v) is 3.46. The predicted octanol–water partition coefficient (Wildman–Crippen LogP) is 2.54. The van der Waals surface area contributed by atoms with Gasteiger partial charge in [0, 0.05) is 30.6 Å². The second kappa shape index (κ2) is 6.72. The number of phenolic OH excluding ortho intramolecular Hbond substituents is 1. The van der Waals surface area contributed by atoms with E-state index in [1.54, 1.807) is 19.1 Å². The Morgan fingerprint density at radius 3 is 2.91 bits per heavy atom. The fraction of sp³-hybridized carbons (Fsp3) is 0.500. The number of likely N-dealkylation sites (tertiary alicyclic amines) is 1. The predicted molar refractivity (Wildman–Crippen MR) is 88.6 cm³/mol. The number of benzene rings is 1. The molecule has 0 bridgehead atoms. The summed E-state index contributed by atoms with van der Waals surface area (Å²) in [5, 5.41) is 20.0. The molecule has 5 nitrogen and oxygen atoms in total. The number of aliphatic hydroxyl groups excluding tert-OH is 1. The van der Waals surface area contributed by atoms with Crippen LogP contribution in [0.2, 0.25) is 0 Å². The summed E-state index contributed by atoms with van der Waals surface area (Å²) < 4.78 is 5.28. The van der Waals surface area contributed by atoms with Crippen molar-refractivity contribution in [2.75, 3.05) is 13.2 Å². The summed E-state index contributed by atoms with van der Waals surface area (Å²) in [6.45, 7) is 3.56. The molecule has 2 heterocycles. The van der Waals surface area contributed by atoms with E-state index < -0.39 is 0 Å². The minimum atomic E-state index is -0.367. The highest BCUT2D eigenvalue weighted by atomic mass is 16.4. The van der Waals surface area contributed by atoms with Crippen molar-refractivity contribution in [2.45, 2.75) is 45.2 Å². The first-order chi connectivity index (χ1) is 11.1. The van der Waals surface area contributed by atoms with Crippen molar-refractivity contribution in [2.24, 2.45) is 0 Å². The number of fused-ring (bicyclic) bond motifs is 1. The van der Waals surface area contributed by atoms with Crippen LogP contribution in [-0.2, 0) is 6.54 Å². The number of rotatable bonds is 4. The Labute approximate surface area is 135 Å². The molecule has 0 unspecified atom stereocenters. The summed E-state index contributed by atoms with van der Waals surface area (Å²) in [7, 11) is 0. The molecule has 1 aromatic heterocycles. The van der Waals surface area contributed by atoms with Gasteiger partial charge >= 0.3 is 5.63 Å². The number of phenols is 1. The fourth-order valence-electron chi connectivity index (χ4n) is 3.46. The number of piperidine rings is 1. The zero-order chi connectivity index (χ0) is 16.4. The molecule has 1 aliphatic rings. The Hall–Kier alpha value is -1.85. The van der Waals surface area contributed by atoms with Crippen LogP contribution in [0.25, 0.3) is 11.0 Å². The van der Waals surface area contributed by atoms with Crippen LogP contribution in [0.3, 0.4) is 0 Å². The SMILES string of the molecule is Cc1cc2oc(=O)cc(CN3CCCC[C@H]3CCO)c2cc1O. The first-order valence-electron chi connectivity index (χ1n) is 8.19. The lowest BCUT2D eigenvalue weighted by Gasteiger charge is -2.35. The van der Waals surface area contributed by atoms with E-state index in [9.17, 15) is 15.0 Å². The van der Waals surface area contributed by atoms with Gasteiger partial charge in [-0.2, -0.15) is 0 Å². The lowest BCUT2D eigenvalue weighted by atomic mass is 9.98. The minimum absolute atomic E-state index is 0.179. The minimum Gasteiger partial charge on any atom is -0.508 e. The average molecular weight is 317 g/mol. The topological polar surface area (TPSA) is 73.9 Å². The molecule has 1 aliphatic heterocycles. The van der Waals surface area contributed by atoms with Crippen molar-refractivity contribution in [3.8, 4) is 5.75 Å². The number of nitrogens with zero attached hydrogens (tertiary/aromatic N) is 1. The largest absolute Gasteiger partial charge is 0.508 e. The number of aryl methyl sites for hydroxylation is 1. The molecule has 2 N–H and O–H groups in total. The first-order valence-corrected chi connectivity index (χ1v) is 8.19. The molecule has 2 aromatic rings. The number of aromatic hydroxyl groups is 1. The summed E-state index contributed by atoms with van der Waals surface area (Å²) in [4.78, 5) is 14.2. The van der Waals surface area contributed by atoms with Crippen LogP contribution in [0.15, 0.2) is 27.4 Å². The van der Waals surface area contributed by atoms with Gasteiger partial charge in [-0.25, -0.2) is 4.79 Å². The van der Waals surface area contributed by atoms with E-state index >= 15 is 0 Å². The van der Waals surface area contributed by atoms with Gasteiger partial charge in [0.1, 0.15) is 11.3 Å². The normalized spacial score (nSPS) is 19.3. The Bertz CT molecular complexity index is 751. The smallest absolute Gasteiger partial charge is 0.336 e. The highest BCUT2D eigenvalue weighted by molar-refractivity contribution is 5.82. The van der Waals surface area contributed by atoms with Gasteiger partial charge in [0.2, 0.25) is 0 Å². The molecular formula is C18H23NO4. The molecule has 5 heteroatoms. The molecular weight excluding hydrogens is 294 g/mol. The summed E-state index contributed by atoms with van der Waals surface area (Å²) in [6.07, 6.45) is 4.14. The second-order valence-electron chi connectivity index (χ2n) is 6.36. The zero-order valence-electron chi connectivity index (χ0n) is 13.4. The number of hydrogen-bond acceptors (Lipinski definition) is 5. The Balaban J connectivity index is 1.98. The molecule has 0 spiro atoms. The van der Waals surface area contributed by atoms with Crippen molar-refractivity contribution in [1.29, 1.82) is 0 Å². The van der Waals surface area contributed by atoms with Crippen LogP contribution in [0, 0.1) is 6.92 Å². The highest BCUT2D eigenvalue weighted by Gasteiger charge is 2.23. The third-order valence-electron chi connectivity index (χ3n) is 4.73. The maximum atomic E-state index is 11.9. The quantitative estimate of drug-likeness (QED) is 0.848. The Morgan fingerprint density at radius 1 is 1.30 bits per heavy atom. The first kappa shape index (κ1) is 16.0. The van der Waals surface area contributed by atoms with Crippen molar-refractivity contribution >= 4 is 11.0 Å². The molecule has 23 heavy (non-hydrogen) atoms. The van der Waals surface area contributed by atoms with Crippen LogP contribution in [0.1, 0.15) is 36.8 Å². The monoisotopic (exact) mass is 317 g/mol. The van der Waals surface area contributed by atoms with E-state index in [1.165, 1.54) is 12.5 Å². The van der Waals surface area contributed by atoms with E-state index in [4.69, 9.17) is 4.42 Å². The van der Waals surface area contributed by atoms with Crippen molar-refractivity contribution in [3.05, 3.63) is 39.7 Å². The van der Waals surface area contributed by atoms with E-state index in [2.05, 4.69) is 4.90 Å². The van der Waals surface area contributed by atoms with E-state index in [0.717, 1.165) is 36.8 Å². The Kier molecular flexibility index (Phi) is 4.68. The highest BCUT2D eigenvalue weighted by Crippen LogP contribution is 2.28. The average Bonchev–Trinajstić information content (AvgIpc) is 2.51. The van der Waals surface area contributed by atoms with Gasteiger partial charge < -0.3 is 14.6 Å². The van der Waals surface area contributed by atoms with Crippen LogP contribution in [0.5, 0.6) is 5.75 Å². The van der Waals surface area contributed by atoms with Crippen molar-refractivity contribution < 1.29 is 14.6 Å². The van der Waals surface area contributed by atoms with Crippen LogP contribution < -0.4 is 5.63 Å². The summed E-state index contributed by atoms with van der Waals surface area (Å²) in [5.41, 5.74) is 1.71. The third-order valence-corrected chi connectivity index (χ3v) is 4.73. The standard InChI is InChI=1S/C18H23NO4/c1-12-8-17-15(10-16(12)21)13(9-18(22)23-17)11-19-6-3-2-4-14(19)5-7-20/h8-10,14,20-21H,2-7,11H2,1H3/t14-/m0/s1. The number of hydrogen-bond donors (Lipinski definition) is 2. The lowest BCUT2D eigenvalue weighted by molar-refractivity contribution is 0.113. The second-order valence-corrected chi connectivity index (χ2v) is 6.36. The zero-order valence-corrected chi connectivity index (χ0v) is 13.4. The summed E-state index contributed by atoms with van der Waals surface area (Å²) in [6, 6.07) is 5.24. The van der Waals surface area contributed by atoms with Crippen LogP contribution in [0.4, 0.5) is 0 Å². The van der Waals surface area contributed by atoms with Crippen LogP contribution in [-0.4, -0.2) is 34.3 Å². The van der Waals surface area contributed by atoms with Gasteiger partial charge in [-0.1, -0.05) is 6.42 Å². The third kappa shape index (κ3) is 3.41. The molecule has 1 fully saturated rings. The molecule has 3 rings (SSSR count). The maximum absolute atomic E-state index is 11.9. The van der Waals surface area contributed by atoms with Gasteiger partial charge in [-0.15, -0.1) is 0 Å².